The lowest BCUT2D eigenvalue weighted by atomic mass is 10.00. The van der Waals surface area contributed by atoms with Crippen molar-refractivity contribution in [3.05, 3.63) is 35.9 Å². The van der Waals surface area contributed by atoms with Gasteiger partial charge < -0.3 is 5.11 Å². The first kappa shape index (κ1) is 15.4. The first-order valence-corrected chi connectivity index (χ1v) is 8.45. The Hall–Kier alpha value is -1.00. The molecule has 1 aromatic rings. The summed E-state index contributed by atoms with van der Waals surface area (Å²) in [6.45, 7) is 3.21. The van der Waals surface area contributed by atoms with Crippen molar-refractivity contribution in [3.63, 3.8) is 0 Å². The molecule has 3 nitrogen and oxygen atoms in total. The van der Waals surface area contributed by atoms with E-state index in [1.165, 1.54) is 5.56 Å². The van der Waals surface area contributed by atoms with Crippen LogP contribution in [-0.2, 0) is 11.2 Å². The smallest absolute Gasteiger partial charge is 0.304 e. The molecule has 0 bridgehead atoms. The first-order valence-electron chi connectivity index (χ1n) is 7.30. The van der Waals surface area contributed by atoms with Gasteiger partial charge in [0.25, 0.3) is 0 Å². The fraction of sp³-hybridized carbons (Fsp3) is 0.562. The van der Waals surface area contributed by atoms with Gasteiger partial charge in [0, 0.05) is 30.1 Å². The van der Waals surface area contributed by atoms with Gasteiger partial charge in [-0.1, -0.05) is 37.3 Å². The van der Waals surface area contributed by atoms with Crippen molar-refractivity contribution in [2.75, 3.05) is 18.1 Å². The molecule has 1 aliphatic rings. The van der Waals surface area contributed by atoms with Gasteiger partial charge in [-0.25, -0.2) is 0 Å². The monoisotopic (exact) mass is 293 g/mol. The third kappa shape index (κ3) is 4.25. The fourth-order valence-corrected chi connectivity index (χ4v) is 4.00. The van der Waals surface area contributed by atoms with Gasteiger partial charge in [-0.15, -0.1) is 0 Å². The molecule has 0 saturated carbocycles. The lowest BCUT2D eigenvalue weighted by Gasteiger charge is -2.40. The number of carbonyl (C=O) groups is 1. The Morgan fingerprint density at radius 2 is 2.20 bits per heavy atom. The molecule has 0 spiro atoms. The molecule has 1 aliphatic heterocycles. The highest BCUT2D eigenvalue weighted by atomic mass is 32.2. The Balaban J connectivity index is 2.05. The average Bonchev–Trinajstić information content (AvgIpc) is 2.46. The zero-order valence-electron chi connectivity index (χ0n) is 12.0. The van der Waals surface area contributed by atoms with E-state index in [-0.39, 0.29) is 12.5 Å². The number of hydrogen-bond acceptors (Lipinski definition) is 3. The molecule has 1 fully saturated rings. The SMILES string of the molecule is CCC(Cc1ccccc1)N1CCSCC1CC(=O)O. The highest BCUT2D eigenvalue weighted by Crippen LogP contribution is 2.24. The van der Waals surface area contributed by atoms with Crippen molar-refractivity contribution in [3.8, 4) is 0 Å². The van der Waals surface area contributed by atoms with Crippen molar-refractivity contribution in [1.29, 1.82) is 0 Å². The van der Waals surface area contributed by atoms with Gasteiger partial charge in [0.1, 0.15) is 0 Å². The maximum absolute atomic E-state index is 11.0. The normalized spacial score (nSPS) is 21.6. The van der Waals surface area contributed by atoms with Crippen LogP contribution in [-0.4, -0.2) is 46.1 Å². The molecule has 1 heterocycles. The molecule has 2 unspecified atom stereocenters. The van der Waals surface area contributed by atoms with E-state index in [1.807, 2.05) is 17.8 Å². The van der Waals surface area contributed by atoms with E-state index in [4.69, 9.17) is 5.11 Å². The van der Waals surface area contributed by atoms with E-state index in [0.717, 1.165) is 30.9 Å². The molecular weight excluding hydrogens is 270 g/mol. The van der Waals surface area contributed by atoms with Gasteiger partial charge in [0.2, 0.25) is 0 Å². The lowest BCUT2D eigenvalue weighted by Crippen LogP contribution is -2.49. The van der Waals surface area contributed by atoms with Crippen LogP contribution in [0, 0.1) is 0 Å². The molecule has 2 atom stereocenters. The molecule has 20 heavy (non-hydrogen) atoms. The van der Waals surface area contributed by atoms with Crippen LogP contribution in [0.3, 0.4) is 0 Å². The number of carboxylic acid groups (broad SMARTS) is 1. The summed E-state index contributed by atoms with van der Waals surface area (Å²) >= 11 is 1.88. The summed E-state index contributed by atoms with van der Waals surface area (Å²) in [5, 5.41) is 9.09. The van der Waals surface area contributed by atoms with Crippen LogP contribution in [0.25, 0.3) is 0 Å². The van der Waals surface area contributed by atoms with Crippen LogP contribution in [0.4, 0.5) is 0 Å². The Morgan fingerprint density at radius 3 is 2.85 bits per heavy atom. The second-order valence-corrected chi connectivity index (χ2v) is 6.47. The van der Waals surface area contributed by atoms with Crippen molar-refractivity contribution in [2.24, 2.45) is 0 Å². The van der Waals surface area contributed by atoms with Crippen molar-refractivity contribution < 1.29 is 9.90 Å². The van der Waals surface area contributed by atoms with Crippen LogP contribution in [0.1, 0.15) is 25.3 Å². The highest BCUT2D eigenvalue weighted by Gasteiger charge is 2.29. The van der Waals surface area contributed by atoms with Crippen LogP contribution in [0.2, 0.25) is 0 Å². The van der Waals surface area contributed by atoms with Crippen LogP contribution >= 0.6 is 11.8 Å². The first-order chi connectivity index (χ1) is 9.70. The third-order valence-corrected chi connectivity index (χ3v) is 5.03. The number of hydrogen-bond donors (Lipinski definition) is 1. The summed E-state index contributed by atoms with van der Waals surface area (Å²) < 4.78 is 0. The molecular formula is C16H23NO2S. The summed E-state index contributed by atoms with van der Waals surface area (Å²) in [4.78, 5) is 13.5. The predicted octanol–water partition coefficient (Wildman–Crippen LogP) is 2.90. The van der Waals surface area contributed by atoms with Gasteiger partial charge >= 0.3 is 5.97 Å². The van der Waals surface area contributed by atoms with E-state index >= 15 is 0 Å². The number of rotatable bonds is 6. The van der Waals surface area contributed by atoms with E-state index in [0.29, 0.717) is 6.04 Å². The minimum absolute atomic E-state index is 0.180. The summed E-state index contributed by atoms with van der Waals surface area (Å²) in [6, 6.07) is 11.1. The molecule has 2 rings (SSSR count). The number of carboxylic acids is 1. The van der Waals surface area contributed by atoms with Gasteiger partial charge in [-0.05, 0) is 18.4 Å². The predicted molar refractivity (Wildman–Crippen MR) is 84.3 cm³/mol. The second-order valence-electron chi connectivity index (χ2n) is 5.32. The maximum Gasteiger partial charge on any atom is 0.304 e. The molecule has 0 radical (unpaired) electrons. The molecule has 0 amide bonds. The van der Waals surface area contributed by atoms with Gasteiger partial charge in [0.05, 0.1) is 6.42 Å². The standard InChI is InChI=1S/C16H23NO2S/c1-2-14(10-13-6-4-3-5-7-13)17-8-9-20-12-15(17)11-16(18)19/h3-7,14-15H,2,8-12H2,1H3,(H,18,19). The largest absolute Gasteiger partial charge is 0.481 e. The van der Waals surface area contributed by atoms with Gasteiger partial charge in [-0.3, -0.25) is 9.69 Å². The number of benzene rings is 1. The van der Waals surface area contributed by atoms with Crippen LogP contribution < -0.4 is 0 Å². The van der Waals surface area contributed by atoms with Crippen molar-refractivity contribution in [2.45, 2.75) is 38.3 Å². The molecule has 110 valence electrons. The summed E-state index contributed by atoms with van der Waals surface area (Å²) in [7, 11) is 0. The lowest BCUT2D eigenvalue weighted by molar-refractivity contribution is -0.138. The van der Waals surface area contributed by atoms with E-state index < -0.39 is 5.97 Å². The molecule has 0 aromatic heterocycles. The van der Waals surface area contributed by atoms with Crippen molar-refractivity contribution >= 4 is 17.7 Å². The third-order valence-electron chi connectivity index (χ3n) is 3.94. The Bertz CT molecular complexity index is 424. The summed E-state index contributed by atoms with van der Waals surface area (Å²) in [5.41, 5.74) is 1.34. The Kier molecular flexibility index (Phi) is 5.92. The minimum atomic E-state index is -0.683. The van der Waals surface area contributed by atoms with Crippen LogP contribution in [0.15, 0.2) is 30.3 Å². The molecule has 0 aliphatic carbocycles. The second kappa shape index (κ2) is 7.70. The zero-order valence-corrected chi connectivity index (χ0v) is 12.8. The zero-order chi connectivity index (χ0) is 14.4. The van der Waals surface area contributed by atoms with Gasteiger partial charge in [-0.2, -0.15) is 11.8 Å². The average molecular weight is 293 g/mol. The molecule has 1 saturated heterocycles. The summed E-state index contributed by atoms with van der Waals surface area (Å²) in [5.74, 6) is 1.37. The van der Waals surface area contributed by atoms with Crippen LogP contribution in [0.5, 0.6) is 0 Å². The molecule has 4 heteroatoms. The van der Waals surface area contributed by atoms with Gasteiger partial charge in [0.15, 0.2) is 0 Å². The number of nitrogens with zero attached hydrogens (tertiary/aromatic N) is 1. The Labute approximate surface area is 125 Å². The van der Waals surface area contributed by atoms with E-state index in [1.54, 1.807) is 0 Å². The fourth-order valence-electron chi connectivity index (χ4n) is 2.91. The van der Waals surface area contributed by atoms with Crippen molar-refractivity contribution in [1.82, 2.24) is 4.90 Å². The molecule has 1 N–H and O–H groups in total. The molecule has 1 aromatic carbocycles. The summed E-state index contributed by atoms with van der Waals surface area (Å²) in [6.07, 6.45) is 2.34. The number of thioether (sulfide) groups is 1. The maximum atomic E-state index is 11.0. The quantitative estimate of drug-likeness (QED) is 0.875. The highest BCUT2D eigenvalue weighted by molar-refractivity contribution is 7.99. The van der Waals surface area contributed by atoms with E-state index in [2.05, 4.69) is 36.1 Å². The number of aliphatic carboxylic acids is 1. The minimum Gasteiger partial charge on any atom is -0.481 e. The van der Waals surface area contributed by atoms with E-state index in [9.17, 15) is 4.79 Å². The Morgan fingerprint density at radius 1 is 1.45 bits per heavy atom. The topological polar surface area (TPSA) is 40.5 Å².